The lowest BCUT2D eigenvalue weighted by atomic mass is 9.92. The van der Waals surface area contributed by atoms with Gasteiger partial charge in [-0.15, -0.1) is 0 Å². The van der Waals surface area contributed by atoms with Crippen LogP contribution in [0.3, 0.4) is 0 Å². The van der Waals surface area contributed by atoms with E-state index in [2.05, 4.69) is 21.2 Å². The summed E-state index contributed by atoms with van der Waals surface area (Å²) in [5, 5.41) is 4.33. The van der Waals surface area contributed by atoms with Gasteiger partial charge in [-0.25, -0.2) is 4.98 Å². The molecule has 1 fully saturated rings. The summed E-state index contributed by atoms with van der Waals surface area (Å²) in [7, 11) is 1.96. The fourth-order valence-electron chi connectivity index (χ4n) is 3.34. The average Bonchev–Trinajstić information content (AvgIpc) is 3.18. The molecule has 2 aromatic heterocycles. The standard InChI is InChI=1S/C17H26N4O2/c1-5-22-11-15-8-21(10-17-19-12(2)13(3)23-17)9-16(15)14-6-18-20(4)7-14/h6-7,15-16H,5,8-11H2,1-4H3/t15-,16-/m0/s1. The Kier molecular flexibility index (Phi) is 4.82. The average molecular weight is 318 g/mol. The maximum Gasteiger partial charge on any atom is 0.208 e. The van der Waals surface area contributed by atoms with Crippen LogP contribution >= 0.6 is 0 Å². The van der Waals surface area contributed by atoms with Crippen molar-refractivity contribution in [1.82, 2.24) is 19.7 Å². The molecule has 0 radical (unpaired) electrons. The zero-order valence-electron chi connectivity index (χ0n) is 14.5. The Labute approximate surface area is 137 Å². The van der Waals surface area contributed by atoms with E-state index < -0.39 is 0 Å². The second kappa shape index (κ2) is 6.84. The van der Waals surface area contributed by atoms with Crippen LogP contribution in [-0.4, -0.2) is 46.0 Å². The van der Waals surface area contributed by atoms with Crippen molar-refractivity contribution in [3.63, 3.8) is 0 Å². The lowest BCUT2D eigenvalue weighted by Gasteiger charge is -2.16. The number of nitrogens with zero attached hydrogens (tertiary/aromatic N) is 4. The summed E-state index contributed by atoms with van der Waals surface area (Å²) >= 11 is 0. The van der Waals surface area contributed by atoms with Crippen LogP contribution in [0.1, 0.15) is 35.7 Å². The molecule has 0 saturated carbocycles. The molecule has 3 rings (SSSR count). The fraction of sp³-hybridized carbons (Fsp3) is 0.647. The number of oxazole rings is 1. The van der Waals surface area contributed by atoms with Crippen molar-refractivity contribution in [2.75, 3.05) is 26.3 Å². The van der Waals surface area contributed by atoms with E-state index in [1.54, 1.807) is 0 Å². The second-order valence-electron chi connectivity index (χ2n) is 6.42. The molecule has 1 saturated heterocycles. The minimum absolute atomic E-state index is 0.451. The highest BCUT2D eigenvalue weighted by Crippen LogP contribution is 2.33. The van der Waals surface area contributed by atoms with Crippen molar-refractivity contribution >= 4 is 0 Å². The van der Waals surface area contributed by atoms with E-state index in [1.165, 1.54) is 5.56 Å². The number of aromatic nitrogens is 3. The number of hydrogen-bond acceptors (Lipinski definition) is 5. The van der Waals surface area contributed by atoms with E-state index in [4.69, 9.17) is 9.15 Å². The number of rotatable bonds is 6. The molecule has 0 N–H and O–H groups in total. The number of ether oxygens (including phenoxy) is 1. The Hall–Kier alpha value is -1.66. The minimum Gasteiger partial charge on any atom is -0.444 e. The highest BCUT2D eigenvalue weighted by atomic mass is 16.5. The van der Waals surface area contributed by atoms with Crippen molar-refractivity contribution in [1.29, 1.82) is 0 Å². The Bertz CT molecular complexity index is 629. The third-order valence-corrected chi connectivity index (χ3v) is 4.64. The normalized spacial score (nSPS) is 22.1. The van der Waals surface area contributed by atoms with Crippen LogP contribution in [0, 0.1) is 19.8 Å². The highest BCUT2D eigenvalue weighted by Gasteiger charge is 2.35. The third kappa shape index (κ3) is 3.64. The number of hydrogen-bond donors (Lipinski definition) is 0. The molecule has 0 aromatic carbocycles. The number of likely N-dealkylation sites (tertiary alicyclic amines) is 1. The van der Waals surface area contributed by atoms with Gasteiger partial charge < -0.3 is 9.15 Å². The molecular weight excluding hydrogens is 292 g/mol. The van der Waals surface area contributed by atoms with Crippen molar-refractivity contribution in [3.8, 4) is 0 Å². The third-order valence-electron chi connectivity index (χ3n) is 4.64. The summed E-state index contributed by atoms with van der Waals surface area (Å²) in [5.74, 6) is 2.65. The zero-order valence-corrected chi connectivity index (χ0v) is 14.5. The van der Waals surface area contributed by atoms with Crippen LogP contribution in [0.25, 0.3) is 0 Å². The first-order chi connectivity index (χ1) is 11.1. The summed E-state index contributed by atoms with van der Waals surface area (Å²) in [4.78, 5) is 6.92. The topological polar surface area (TPSA) is 56.3 Å². The SMILES string of the molecule is CCOC[C@@H]1CN(Cc2nc(C)c(C)o2)C[C@H]1c1cnn(C)c1. The summed E-state index contributed by atoms with van der Waals surface area (Å²) in [6, 6.07) is 0. The van der Waals surface area contributed by atoms with Gasteiger partial charge in [0.25, 0.3) is 0 Å². The molecule has 0 aliphatic carbocycles. The molecule has 1 aliphatic rings. The second-order valence-corrected chi connectivity index (χ2v) is 6.42. The lowest BCUT2D eigenvalue weighted by Crippen LogP contribution is -2.21. The minimum atomic E-state index is 0.451. The molecule has 2 atom stereocenters. The van der Waals surface area contributed by atoms with E-state index in [0.29, 0.717) is 11.8 Å². The first-order valence-corrected chi connectivity index (χ1v) is 8.28. The van der Waals surface area contributed by atoms with Gasteiger partial charge in [-0.3, -0.25) is 9.58 Å². The smallest absolute Gasteiger partial charge is 0.208 e. The zero-order chi connectivity index (χ0) is 16.4. The maximum absolute atomic E-state index is 5.74. The molecule has 126 valence electrons. The van der Waals surface area contributed by atoms with Gasteiger partial charge in [-0.1, -0.05) is 0 Å². The van der Waals surface area contributed by atoms with E-state index in [9.17, 15) is 0 Å². The molecule has 6 nitrogen and oxygen atoms in total. The highest BCUT2D eigenvalue weighted by molar-refractivity contribution is 5.16. The molecular formula is C17H26N4O2. The van der Waals surface area contributed by atoms with E-state index in [1.807, 2.05) is 38.7 Å². The quantitative estimate of drug-likeness (QED) is 0.818. The molecule has 0 amide bonds. The Morgan fingerprint density at radius 1 is 1.35 bits per heavy atom. The van der Waals surface area contributed by atoms with Crippen LogP contribution in [0.5, 0.6) is 0 Å². The van der Waals surface area contributed by atoms with Crippen molar-refractivity contribution in [2.45, 2.75) is 33.2 Å². The van der Waals surface area contributed by atoms with Gasteiger partial charge in [-0.2, -0.15) is 5.10 Å². The van der Waals surface area contributed by atoms with E-state index >= 15 is 0 Å². The van der Waals surface area contributed by atoms with Crippen molar-refractivity contribution in [2.24, 2.45) is 13.0 Å². The van der Waals surface area contributed by atoms with Gasteiger partial charge in [0.05, 0.1) is 25.0 Å². The van der Waals surface area contributed by atoms with E-state index in [-0.39, 0.29) is 0 Å². The summed E-state index contributed by atoms with van der Waals surface area (Å²) in [6.45, 7) is 10.3. The Morgan fingerprint density at radius 3 is 2.78 bits per heavy atom. The first-order valence-electron chi connectivity index (χ1n) is 8.28. The molecule has 6 heteroatoms. The van der Waals surface area contributed by atoms with Crippen LogP contribution < -0.4 is 0 Å². The lowest BCUT2D eigenvalue weighted by molar-refractivity contribution is 0.107. The fourth-order valence-corrected chi connectivity index (χ4v) is 3.34. The van der Waals surface area contributed by atoms with Crippen LogP contribution in [0.2, 0.25) is 0 Å². The molecule has 0 spiro atoms. The van der Waals surface area contributed by atoms with Gasteiger partial charge in [0.1, 0.15) is 5.76 Å². The van der Waals surface area contributed by atoms with Crippen molar-refractivity contribution < 1.29 is 9.15 Å². The molecule has 0 bridgehead atoms. The monoisotopic (exact) mass is 318 g/mol. The van der Waals surface area contributed by atoms with Gasteiger partial charge in [0.15, 0.2) is 0 Å². The molecule has 1 aliphatic heterocycles. The molecule has 2 aromatic rings. The Balaban J connectivity index is 1.71. The van der Waals surface area contributed by atoms with Gasteiger partial charge in [-0.05, 0) is 26.3 Å². The molecule has 3 heterocycles. The Morgan fingerprint density at radius 2 is 2.17 bits per heavy atom. The summed E-state index contributed by atoms with van der Waals surface area (Å²) in [5.41, 5.74) is 2.27. The largest absolute Gasteiger partial charge is 0.444 e. The van der Waals surface area contributed by atoms with Crippen molar-refractivity contribution in [3.05, 3.63) is 35.3 Å². The number of aryl methyl sites for hydroxylation is 3. The van der Waals surface area contributed by atoms with Crippen LogP contribution in [0.4, 0.5) is 0 Å². The predicted octanol–water partition coefficient (Wildman–Crippen LogP) is 2.28. The van der Waals surface area contributed by atoms with Gasteiger partial charge in [0, 0.05) is 44.8 Å². The first kappa shape index (κ1) is 16.2. The molecule has 23 heavy (non-hydrogen) atoms. The van der Waals surface area contributed by atoms with Gasteiger partial charge >= 0.3 is 0 Å². The summed E-state index contributed by atoms with van der Waals surface area (Å²) in [6.07, 6.45) is 4.10. The van der Waals surface area contributed by atoms with E-state index in [0.717, 1.165) is 50.2 Å². The van der Waals surface area contributed by atoms with Crippen LogP contribution in [0.15, 0.2) is 16.8 Å². The predicted molar refractivity (Wildman–Crippen MR) is 87.2 cm³/mol. The summed E-state index contributed by atoms with van der Waals surface area (Å²) < 4.78 is 13.3. The molecule has 0 unspecified atom stereocenters. The maximum atomic E-state index is 5.74. The van der Waals surface area contributed by atoms with Gasteiger partial charge in [0.2, 0.25) is 5.89 Å². The van der Waals surface area contributed by atoms with Crippen LogP contribution in [-0.2, 0) is 18.3 Å².